The smallest absolute Gasteiger partial charge is 0.261 e. The summed E-state index contributed by atoms with van der Waals surface area (Å²) in [7, 11) is 0. The fraction of sp³-hybridized carbons (Fsp3) is 0.440. The van der Waals surface area contributed by atoms with E-state index >= 15 is 0 Å². The van der Waals surface area contributed by atoms with Gasteiger partial charge < -0.3 is 15.0 Å². The van der Waals surface area contributed by atoms with Crippen LogP contribution in [0.1, 0.15) is 52.2 Å². The van der Waals surface area contributed by atoms with Crippen LogP contribution in [0.5, 0.6) is 5.75 Å². The predicted molar refractivity (Wildman–Crippen MR) is 120 cm³/mol. The highest BCUT2D eigenvalue weighted by molar-refractivity contribution is 5.87. The van der Waals surface area contributed by atoms with Crippen LogP contribution in [-0.2, 0) is 21.5 Å². The average molecular weight is 429 g/mol. The summed E-state index contributed by atoms with van der Waals surface area (Å²) in [5.41, 5.74) is 1.94. The Morgan fingerprint density at radius 3 is 2.23 bits per heavy atom. The van der Waals surface area contributed by atoms with Gasteiger partial charge in [-0.2, -0.15) is 0 Å². The van der Waals surface area contributed by atoms with Crippen molar-refractivity contribution in [3.8, 4) is 5.75 Å². The molecule has 1 N–H and O–H groups in total. The van der Waals surface area contributed by atoms with E-state index in [4.69, 9.17) is 4.74 Å². The molecule has 0 unspecified atom stereocenters. The summed E-state index contributed by atoms with van der Waals surface area (Å²) in [6.45, 7) is 10.6. The topological polar surface area (TPSA) is 58.6 Å². The lowest BCUT2D eigenvalue weighted by Crippen LogP contribution is -2.49. The molecule has 0 aromatic heterocycles. The van der Waals surface area contributed by atoms with Gasteiger partial charge in [0.25, 0.3) is 5.91 Å². The third kappa shape index (κ3) is 7.39. The summed E-state index contributed by atoms with van der Waals surface area (Å²) in [5.74, 6) is -0.307. The highest BCUT2D eigenvalue weighted by atomic mass is 19.1. The zero-order valence-electron chi connectivity index (χ0n) is 19.1. The largest absolute Gasteiger partial charge is 0.484 e. The zero-order chi connectivity index (χ0) is 23.0. The summed E-state index contributed by atoms with van der Waals surface area (Å²) in [6, 6.07) is 12.9. The maximum Gasteiger partial charge on any atom is 0.261 e. The molecular formula is C25H33FN2O3. The molecular weight excluding hydrogens is 395 g/mol. The van der Waals surface area contributed by atoms with Crippen LogP contribution < -0.4 is 10.1 Å². The molecule has 0 heterocycles. The maximum absolute atomic E-state index is 13.3. The van der Waals surface area contributed by atoms with Crippen molar-refractivity contribution in [1.29, 1.82) is 0 Å². The molecule has 0 spiro atoms. The van der Waals surface area contributed by atoms with Crippen molar-refractivity contribution in [2.45, 2.75) is 59.0 Å². The van der Waals surface area contributed by atoms with Crippen molar-refractivity contribution in [1.82, 2.24) is 10.2 Å². The maximum atomic E-state index is 13.3. The Morgan fingerprint density at radius 1 is 1.06 bits per heavy atom. The second kappa shape index (κ2) is 10.9. The molecule has 0 fully saturated rings. The molecule has 0 aliphatic carbocycles. The predicted octanol–water partition coefficient (Wildman–Crippen LogP) is 4.45. The Hall–Kier alpha value is -2.89. The number of halogens is 1. The lowest BCUT2D eigenvalue weighted by Gasteiger charge is -2.28. The number of hydrogen-bond donors (Lipinski definition) is 1. The van der Waals surface area contributed by atoms with Crippen LogP contribution >= 0.6 is 0 Å². The van der Waals surface area contributed by atoms with E-state index in [-0.39, 0.29) is 36.2 Å². The van der Waals surface area contributed by atoms with E-state index in [9.17, 15) is 14.0 Å². The van der Waals surface area contributed by atoms with E-state index in [1.165, 1.54) is 22.6 Å². The highest BCUT2D eigenvalue weighted by Crippen LogP contribution is 2.24. The number of nitrogens with one attached hydrogen (secondary N) is 1. The van der Waals surface area contributed by atoms with E-state index in [2.05, 4.69) is 26.1 Å². The molecule has 168 valence electrons. The van der Waals surface area contributed by atoms with Crippen LogP contribution in [0.15, 0.2) is 48.5 Å². The van der Waals surface area contributed by atoms with Crippen LogP contribution in [0.3, 0.4) is 0 Å². The summed E-state index contributed by atoms with van der Waals surface area (Å²) >= 11 is 0. The number of carbonyl (C=O) groups excluding carboxylic acids is 2. The molecule has 31 heavy (non-hydrogen) atoms. The molecule has 2 aromatic rings. The minimum absolute atomic E-state index is 0.0294. The quantitative estimate of drug-likeness (QED) is 0.642. The van der Waals surface area contributed by atoms with E-state index in [1.54, 1.807) is 19.1 Å². The van der Waals surface area contributed by atoms with Crippen LogP contribution in [0, 0.1) is 5.82 Å². The summed E-state index contributed by atoms with van der Waals surface area (Å²) in [5, 5.41) is 2.82. The lowest BCUT2D eigenvalue weighted by atomic mass is 9.87. The van der Waals surface area contributed by atoms with Gasteiger partial charge in [0, 0.05) is 13.1 Å². The molecule has 1 atom stereocenters. The second-order valence-electron chi connectivity index (χ2n) is 8.68. The number of benzene rings is 2. The molecule has 0 saturated heterocycles. The van der Waals surface area contributed by atoms with Gasteiger partial charge in [0.2, 0.25) is 5.91 Å². The van der Waals surface area contributed by atoms with Crippen molar-refractivity contribution in [3.63, 3.8) is 0 Å². The Balaban J connectivity index is 2.10. The minimum atomic E-state index is -0.684. The second-order valence-corrected chi connectivity index (χ2v) is 8.68. The van der Waals surface area contributed by atoms with Gasteiger partial charge in [-0.25, -0.2) is 4.39 Å². The third-order valence-corrected chi connectivity index (χ3v) is 5.07. The van der Waals surface area contributed by atoms with Crippen molar-refractivity contribution in [2.75, 3.05) is 13.2 Å². The molecule has 2 aromatic carbocycles. The number of amides is 2. The molecule has 2 rings (SSSR count). The van der Waals surface area contributed by atoms with Gasteiger partial charge in [-0.15, -0.1) is 0 Å². The molecule has 6 heteroatoms. The van der Waals surface area contributed by atoms with Gasteiger partial charge in [-0.3, -0.25) is 9.59 Å². The average Bonchev–Trinajstić information content (AvgIpc) is 2.74. The molecule has 0 aliphatic rings. The van der Waals surface area contributed by atoms with Crippen molar-refractivity contribution >= 4 is 11.8 Å². The van der Waals surface area contributed by atoms with Gasteiger partial charge in [0.1, 0.15) is 17.6 Å². The fourth-order valence-corrected chi connectivity index (χ4v) is 3.04. The monoisotopic (exact) mass is 428 g/mol. The number of hydrogen-bond acceptors (Lipinski definition) is 3. The van der Waals surface area contributed by atoms with E-state index in [0.29, 0.717) is 12.3 Å². The number of ether oxygens (including phenoxy) is 1. The van der Waals surface area contributed by atoms with E-state index < -0.39 is 6.04 Å². The van der Waals surface area contributed by atoms with Gasteiger partial charge in [0.15, 0.2) is 6.61 Å². The van der Waals surface area contributed by atoms with Gasteiger partial charge in [-0.05, 0) is 54.2 Å². The minimum Gasteiger partial charge on any atom is -0.484 e. The zero-order valence-corrected chi connectivity index (χ0v) is 19.1. The number of nitrogens with zero attached hydrogens (tertiary/aromatic N) is 1. The molecule has 0 saturated carbocycles. The van der Waals surface area contributed by atoms with Crippen LogP contribution in [0.2, 0.25) is 0 Å². The van der Waals surface area contributed by atoms with Crippen LogP contribution in [-0.4, -0.2) is 35.9 Å². The molecule has 0 aliphatic heterocycles. The first-order valence-corrected chi connectivity index (χ1v) is 10.7. The molecule has 0 bridgehead atoms. The molecule has 0 radical (unpaired) electrons. The van der Waals surface area contributed by atoms with Crippen molar-refractivity contribution < 1.29 is 18.7 Å². The number of carbonyl (C=O) groups is 2. The summed E-state index contributed by atoms with van der Waals surface area (Å²) in [6.07, 6.45) is 0.804. The Kier molecular flexibility index (Phi) is 8.60. The van der Waals surface area contributed by atoms with Gasteiger partial charge in [0.05, 0.1) is 0 Å². The van der Waals surface area contributed by atoms with Crippen molar-refractivity contribution in [2.24, 2.45) is 0 Å². The Bertz CT molecular complexity index is 858. The van der Waals surface area contributed by atoms with E-state index in [1.807, 2.05) is 31.2 Å². The van der Waals surface area contributed by atoms with Gasteiger partial charge in [-0.1, -0.05) is 52.0 Å². The molecule has 5 nitrogen and oxygen atoms in total. The standard InChI is InChI=1S/C25H33FN2O3/c1-6-15-27-24(30)18(2)28(16-19-7-11-21(26)12-8-19)23(29)17-31-22-13-9-20(10-14-22)25(3,4)5/h7-14,18H,6,15-17H2,1-5H3,(H,27,30)/t18-/m1/s1. The third-order valence-electron chi connectivity index (χ3n) is 5.07. The highest BCUT2D eigenvalue weighted by Gasteiger charge is 2.26. The van der Waals surface area contributed by atoms with Crippen molar-refractivity contribution in [3.05, 3.63) is 65.5 Å². The fourth-order valence-electron chi connectivity index (χ4n) is 3.04. The van der Waals surface area contributed by atoms with Crippen LogP contribution in [0.4, 0.5) is 4.39 Å². The normalized spacial score (nSPS) is 12.2. The Labute approximate surface area is 184 Å². The van der Waals surface area contributed by atoms with Gasteiger partial charge >= 0.3 is 0 Å². The first-order valence-electron chi connectivity index (χ1n) is 10.7. The SMILES string of the molecule is CCCNC(=O)[C@@H](C)N(Cc1ccc(F)cc1)C(=O)COc1ccc(C(C)(C)C)cc1. The molecule has 2 amide bonds. The summed E-state index contributed by atoms with van der Waals surface area (Å²) < 4.78 is 19.0. The summed E-state index contributed by atoms with van der Waals surface area (Å²) in [4.78, 5) is 26.9. The first kappa shape index (κ1) is 24.4. The lowest BCUT2D eigenvalue weighted by molar-refractivity contribution is -0.142. The van der Waals surface area contributed by atoms with E-state index in [0.717, 1.165) is 12.0 Å². The number of rotatable bonds is 9. The van der Waals surface area contributed by atoms with Crippen LogP contribution in [0.25, 0.3) is 0 Å². The first-order chi connectivity index (χ1) is 14.6. The Morgan fingerprint density at radius 2 is 1.68 bits per heavy atom.